The Balaban J connectivity index is 0.00000208. The van der Waals surface area contributed by atoms with E-state index in [0.717, 1.165) is 42.5 Å². The van der Waals surface area contributed by atoms with E-state index < -0.39 is 0 Å². The average Bonchev–Trinajstić information content (AvgIpc) is 3.28. The van der Waals surface area contributed by atoms with Crippen molar-refractivity contribution >= 4 is 46.9 Å². The molecule has 3 rings (SSSR count). The molecule has 1 N–H and O–H groups in total. The molecule has 0 saturated carbocycles. The number of rotatable bonds is 5. The highest BCUT2D eigenvalue weighted by Crippen LogP contribution is 2.13. The number of carbonyl (C=O) groups excluding carboxylic acids is 2. The molecule has 0 atom stereocenters. The zero-order valence-corrected chi connectivity index (χ0v) is 15.6. The molecular weight excluding hydrogens is 366 g/mol. The molecule has 130 valence electrons. The molecule has 8 heteroatoms. The number of hydrogen-bond donors (Lipinski definition) is 1. The van der Waals surface area contributed by atoms with Crippen LogP contribution < -0.4 is 5.32 Å². The van der Waals surface area contributed by atoms with Gasteiger partial charge in [0.2, 0.25) is 0 Å². The molecule has 0 radical (unpaired) electrons. The lowest BCUT2D eigenvalue weighted by atomic mass is 10.3. The highest BCUT2D eigenvalue weighted by Gasteiger charge is 2.22. The first-order valence-electron chi connectivity index (χ1n) is 7.61. The van der Waals surface area contributed by atoms with E-state index in [1.165, 1.54) is 22.7 Å². The molecule has 0 spiro atoms. The van der Waals surface area contributed by atoms with Gasteiger partial charge in [0, 0.05) is 39.3 Å². The van der Waals surface area contributed by atoms with Crippen LogP contribution in [0.25, 0.3) is 0 Å². The first-order chi connectivity index (χ1) is 11.2. The van der Waals surface area contributed by atoms with E-state index in [2.05, 4.69) is 10.2 Å². The minimum atomic E-state index is -0.00786. The van der Waals surface area contributed by atoms with Gasteiger partial charge in [-0.3, -0.25) is 14.5 Å². The maximum absolute atomic E-state index is 12.3. The summed E-state index contributed by atoms with van der Waals surface area (Å²) in [6.07, 6.45) is 0. The van der Waals surface area contributed by atoms with Gasteiger partial charge in [-0.15, -0.1) is 35.1 Å². The predicted octanol–water partition coefficient (Wildman–Crippen LogP) is 2.42. The van der Waals surface area contributed by atoms with Crippen LogP contribution in [0.3, 0.4) is 0 Å². The first kappa shape index (κ1) is 18.9. The lowest BCUT2D eigenvalue weighted by molar-refractivity contribution is 0.0643. The standard InChI is InChI=1S/C16H19N3O2S2.ClH/c20-15(13-3-1-11-22-13)17-5-6-18-7-9-19(10-8-18)16(21)14-4-2-12-23-14;/h1-4,11-12H,5-10H2,(H,17,20);1H. The van der Waals surface area contributed by atoms with Crippen molar-refractivity contribution in [1.29, 1.82) is 0 Å². The van der Waals surface area contributed by atoms with Crippen LogP contribution in [0, 0.1) is 0 Å². The summed E-state index contributed by atoms with van der Waals surface area (Å²) in [6, 6.07) is 7.49. The Kier molecular flexibility index (Phi) is 7.23. The smallest absolute Gasteiger partial charge is 0.264 e. The van der Waals surface area contributed by atoms with Crippen molar-refractivity contribution in [2.45, 2.75) is 0 Å². The minimum Gasteiger partial charge on any atom is -0.350 e. The van der Waals surface area contributed by atoms with Crippen LogP contribution in [0.5, 0.6) is 0 Å². The molecule has 1 aliphatic heterocycles. The number of carbonyl (C=O) groups is 2. The zero-order valence-electron chi connectivity index (χ0n) is 13.1. The third-order valence-electron chi connectivity index (χ3n) is 3.85. The van der Waals surface area contributed by atoms with Crippen LogP contribution in [0.15, 0.2) is 35.0 Å². The Hall–Kier alpha value is -1.41. The monoisotopic (exact) mass is 385 g/mol. The Bertz CT molecular complexity index is 636. The second-order valence-electron chi connectivity index (χ2n) is 5.34. The molecule has 24 heavy (non-hydrogen) atoms. The highest BCUT2D eigenvalue weighted by molar-refractivity contribution is 7.12. The number of halogens is 1. The fraction of sp³-hybridized carbons (Fsp3) is 0.375. The topological polar surface area (TPSA) is 52.7 Å². The third kappa shape index (κ3) is 4.80. The molecule has 2 aromatic rings. The Morgan fingerprint density at radius 2 is 1.62 bits per heavy atom. The van der Waals surface area contributed by atoms with Gasteiger partial charge < -0.3 is 10.2 Å². The summed E-state index contributed by atoms with van der Waals surface area (Å²) in [6.45, 7) is 4.65. The molecule has 5 nitrogen and oxygen atoms in total. The van der Waals surface area contributed by atoms with Crippen molar-refractivity contribution in [1.82, 2.24) is 15.1 Å². The molecular formula is C16H20ClN3O2S2. The molecule has 1 fully saturated rings. The fourth-order valence-corrected chi connectivity index (χ4v) is 3.88. The molecule has 3 heterocycles. The molecule has 0 bridgehead atoms. The van der Waals surface area contributed by atoms with Gasteiger partial charge in [0.15, 0.2) is 0 Å². The molecule has 0 unspecified atom stereocenters. The minimum absolute atomic E-state index is 0. The van der Waals surface area contributed by atoms with Gasteiger partial charge in [-0.2, -0.15) is 0 Å². The molecule has 0 aliphatic carbocycles. The van der Waals surface area contributed by atoms with Crippen molar-refractivity contribution in [2.75, 3.05) is 39.3 Å². The summed E-state index contributed by atoms with van der Waals surface area (Å²) >= 11 is 2.94. The van der Waals surface area contributed by atoms with Gasteiger partial charge in [-0.05, 0) is 22.9 Å². The summed E-state index contributed by atoms with van der Waals surface area (Å²) < 4.78 is 0. The highest BCUT2D eigenvalue weighted by atomic mass is 35.5. The lowest BCUT2D eigenvalue weighted by Gasteiger charge is -2.34. The van der Waals surface area contributed by atoms with Crippen molar-refractivity contribution in [3.8, 4) is 0 Å². The van der Waals surface area contributed by atoms with E-state index in [9.17, 15) is 9.59 Å². The van der Waals surface area contributed by atoms with Crippen LogP contribution in [0.4, 0.5) is 0 Å². The van der Waals surface area contributed by atoms with Crippen molar-refractivity contribution in [2.24, 2.45) is 0 Å². The number of thiophene rings is 2. The molecule has 2 amide bonds. The Morgan fingerprint density at radius 3 is 2.21 bits per heavy atom. The Labute approximate surface area is 155 Å². The second kappa shape index (κ2) is 9.17. The van der Waals surface area contributed by atoms with E-state index in [0.29, 0.717) is 6.54 Å². The molecule has 1 aliphatic rings. The summed E-state index contributed by atoms with van der Waals surface area (Å²) in [5, 5.41) is 6.77. The van der Waals surface area contributed by atoms with E-state index in [4.69, 9.17) is 0 Å². The summed E-state index contributed by atoms with van der Waals surface area (Å²) in [7, 11) is 0. The van der Waals surface area contributed by atoms with E-state index in [-0.39, 0.29) is 24.2 Å². The maximum atomic E-state index is 12.3. The largest absolute Gasteiger partial charge is 0.350 e. The fourth-order valence-electron chi connectivity index (χ4n) is 2.55. The van der Waals surface area contributed by atoms with E-state index >= 15 is 0 Å². The van der Waals surface area contributed by atoms with Gasteiger partial charge in [0.1, 0.15) is 0 Å². The SMILES string of the molecule is Cl.O=C(NCCN1CCN(C(=O)c2cccs2)CC1)c1cccs1. The predicted molar refractivity (Wildman–Crippen MR) is 101 cm³/mol. The summed E-state index contributed by atoms with van der Waals surface area (Å²) in [4.78, 5) is 29.9. The van der Waals surface area contributed by atoms with Crippen molar-refractivity contribution in [3.63, 3.8) is 0 Å². The van der Waals surface area contributed by atoms with Gasteiger partial charge >= 0.3 is 0 Å². The maximum Gasteiger partial charge on any atom is 0.264 e. The van der Waals surface area contributed by atoms with Gasteiger partial charge in [-0.25, -0.2) is 0 Å². The van der Waals surface area contributed by atoms with Gasteiger partial charge in [0.05, 0.1) is 9.75 Å². The van der Waals surface area contributed by atoms with E-state index in [1.54, 1.807) is 0 Å². The van der Waals surface area contributed by atoms with Crippen LogP contribution in [0.1, 0.15) is 19.3 Å². The normalized spacial score (nSPS) is 14.9. The van der Waals surface area contributed by atoms with Crippen molar-refractivity contribution < 1.29 is 9.59 Å². The van der Waals surface area contributed by atoms with Crippen LogP contribution >= 0.6 is 35.1 Å². The molecule has 2 aromatic heterocycles. The van der Waals surface area contributed by atoms with Gasteiger partial charge in [0.25, 0.3) is 11.8 Å². The van der Waals surface area contributed by atoms with Crippen LogP contribution in [0.2, 0.25) is 0 Å². The molecule has 1 saturated heterocycles. The average molecular weight is 386 g/mol. The molecule has 0 aromatic carbocycles. The lowest BCUT2D eigenvalue weighted by Crippen LogP contribution is -2.50. The second-order valence-corrected chi connectivity index (χ2v) is 7.24. The first-order valence-corrected chi connectivity index (χ1v) is 9.37. The van der Waals surface area contributed by atoms with Gasteiger partial charge in [-0.1, -0.05) is 12.1 Å². The Morgan fingerprint density at radius 1 is 1.00 bits per heavy atom. The number of nitrogens with zero attached hydrogens (tertiary/aromatic N) is 2. The van der Waals surface area contributed by atoms with Crippen LogP contribution in [-0.4, -0.2) is 60.9 Å². The summed E-state index contributed by atoms with van der Waals surface area (Å²) in [5.41, 5.74) is 0. The quantitative estimate of drug-likeness (QED) is 0.859. The number of amides is 2. The van der Waals surface area contributed by atoms with Crippen LogP contribution in [-0.2, 0) is 0 Å². The number of nitrogens with one attached hydrogen (secondary N) is 1. The summed E-state index contributed by atoms with van der Waals surface area (Å²) in [5.74, 6) is 0.122. The number of piperazine rings is 1. The van der Waals surface area contributed by atoms with Crippen molar-refractivity contribution in [3.05, 3.63) is 44.8 Å². The third-order valence-corrected chi connectivity index (χ3v) is 5.58. The van der Waals surface area contributed by atoms with E-state index in [1.807, 2.05) is 39.9 Å². The zero-order chi connectivity index (χ0) is 16.1. The number of hydrogen-bond acceptors (Lipinski definition) is 5.